The maximum Gasteiger partial charge on any atom is 0.272 e. The topological polar surface area (TPSA) is 62.5 Å². The van der Waals surface area contributed by atoms with Gasteiger partial charge in [-0.2, -0.15) is 0 Å². The van der Waals surface area contributed by atoms with Crippen LogP contribution in [0, 0.1) is 5.92 Å². The molecule has 2 N–H and O–H groups in total. The molecule has 0 unspecified atom stereocenters. The van der Waals surface area contributed by atoms with E-state index >= 15 is 0 Å². The SMILES string of the molecule is CN(C)C(=O)c1cc(N2CC(CN)C2)ccn1. The Morgan fingerprint density at radius 3 is 2.88 bits per heavy atom. The van der Waals surface area contributed by atoms with Crippen molar-refractivity contribution < 1.29 is 4.79 Å². The Balaban J connectivity index is 2.10. The molecule has 0 atom stereocenters. The molecule has 2 heterocycles. The third kappa shape index (κ3) is 2.39. The molecule has 1 fully saturated rings. The van der Waals surface area contributed by atoms with Gasteiger partial charge in [0.25, 0.3) is 5.91 Å². The van der Waals surface area contributed by atoms with Gasteiger partial charge >= 0.3 is 0 Å². The second kappa shape index (κ2) is 4.71. The van der Waals surface area contributed by atoms with Crippen molar-refractivity contribution in [2.24, 2.45) is 11.7 Å². The lowest BCUT2D eigenvalue weighted by molar-refractivity contribution is 0.0822. The van der Waals surface area contributed by atoms with Crippen molar-refractivity contribution in [2.75, 3.05) is 38.6 Å². The molecule has 1 aromatic heterocycles. The van der Waals surface area contributed by atoms with Gasteiger partial charge in [-0.25, -0.2) is 0 Å². The van der Waals surface area contributed by atoms with Crippen molar-refractivity contribution in [3.8, 4) is 0 Å². The summed E-state index contributed by atoms with van der Waals surface area (Å²) in [5, 5.41) is 0. The van der Waals surface area contributed by atoms with E-state index < -0.39 is 0 Å². The molecule has 0 aliphatic carbocycles. The fourth-order valence-corrected chi connectivity index (χ4v) is 1.89. The Bertz CT molecular complexity index is 413. The van der Waals surface area contributed by atoms with Crippen LogP contribution in [0.15, 0.2) is 18.3 Å². The van der Waals surface area contributed by atoms with E-state index in [0.717, 1.165) is 25.3 Å². The predicted molar refractivity (Wildman–Crippen MR) is 67.0 cm³/mol. The molecule has 1 aliphatic heterocycles. The Hall–Kier alpha value is -1.62. The first-order valence-corrected chi connectivity index (χ1v) is 5.74. The molecule has 0 aromatic carbocycles. The van der Waals surface area contributed by atoms with Crippen molar-refractivity contribution >= 4 is 11.6 Å². The average Bonchev–Trinajstić information content (AvgIpc) is 2.27. The summed E-state index contributed by atoms with van der Waals surface area (Å²) in [5.74, 6) is 0.513. The van der Waals surface area contributed by atoms with Gasteiger partial charge in [-0.15, -0.1) is 0 Å². The number of amides is 1. The molecule has 1 aliphatic rings. The van der Waals surface area contributed by atoms with Crippen molar-refractivity contribution in [1.82, 2.24) is 9.88 Å². The number of nitrogens with two attached hydrogens (primary N) is 1. The fourth-order valence-electron chi connectivity index (χ4n) is 1.89. The first-order chi connectivity index (χ1) is 8.11. The quantitative estimate of drug-likeness (QED) is 0.810. The predicted octanol–water partition coefficient (Wildman–Crippen LogP) is 0.178. The molecule has 1 amide bonds. The first-order valence-electron chi connectivity index (χ1n) is 5.74. The highest BCUT2D eigenvalue weighted by atomic mass is 16.2. The molecule has 1 aromatic rings. The number of carbonyl (C=O) groups excluding carboxylic acids is 1. The lowest BCUT2D eigenvalue weighted by Crippen LogP contribution is -2.50. The molecule has 0 bridgehead atoms. The Morgan fingerprint density at radius 2 is 2.29 bits per heavy atom. The van der Waals surface area contributed by atoms with Gasteiger partial charge in [-0.1, -0.05) is 0 Å². The van der Waals surface area contributed by atoms with E-state index in [1.807, 2.05) is 12.1 Å². The summed E-state index contributed by atoms with van der Waals surface area (Å²) in [7, 11) is 3.45. The minimum absolute atomic E-state index is 0.0669. The zero-order valence-electron chi connectivity index (χ0n) is 10.3. The second-order valence-electron chi connectivity index (χ2n) is 4.61. The van der Waals surface area contributed by atoms with Crippen LogP contribution in [-0.4, -0.2) is 49.5 Å². The molecule has 0 radical (unpaired) electrons. The molecule has 17 heavy (non-hydrogen) atoms. The van der Waals surface area contributed by atoms with Crippen molar-refractivity contribution in [2.45, 2.75) is 0 Å². The van der Waals surface area contributed by atoms with E-state index in [1.165, 1.54) is 4.90 Å². The minimum Gasteiger partial charge on any atom is -0.371 e. The van der Waals surface area contributed by atoms with Gasteiger partial charge in [0.15, 0.2) is 0 Å². The standard InChI is InChI=1S/C12H18N4O/c1-15(2)12(17)11-5-10(3-4-14-11)16-7-9(6-13)8-16/h3-5,9H,6-8,13H2,1-2H3. The van der Waals surface area contributed by atoms with Gasteiger partial charge in [-0.3, -0.25) is 9.78 Å². The Labute approximate surface area is 101 Å². The van der Waals surface area contributed by atoms with Crippen LogP contribution >= 0.6 is 0 Å². The number of pyridine rings is 1. The number of nitrogens with zero attached hydrogens (tertiary/aromatic N) is 3. The summed E-state index contributed by atoms with van der Waals surface area (Å²) in [5.41, 5.74) is 7.13. The van der Waals surface area contributed by atoms with Gasteiger partial charge < -0.3 is 15.5 Å². The van der Waals surface area contributed by atoms with Gasteiger partial charge in [0, 0.05) is 45.0 Å². The third-order valence-electron chi connectivity index (χ3n) is 3.02. The molecule has 0 spiro atoms. The van der Waals surface area contributed by atoms with Crippen LogP contribution in [0.1, 0.15) is 10.5 Å². The van der Waals surface area contributed by atoms with E-state index in [9.17, 15) is 4.79 Å². The summed E-state index contributed by atoms with van der Waals surface area (Å²) in [6.45, 7) is 2.66. The maximum atomic E-state index is 11.8. The number of carbonyl (C=O) groups is 1. The molecule has 0 saturated carbocycles. The molecule has 1 saturated heterocycles. The van der Waals surface area contributed by atoms with Crippen LogP contribution < -0.4 is 10.6 Å². The number of hydrogen-bond acceptors (Lipinski definition) is 4. The van der Waals surface area contributed by atoms with Crippen LogP contribution in [0.25, 0.3) is 0 Å². The van der Waals surface area contributed by atoms with Gasteiger partial charge in [0.05, 0.1) is 0 Å². The summed E-state index contributed by atoms with van der Waals surface area (Å²) in [4.78, 5) is 19.6. The monoisotopic (exact) mass is 234 g/mol. The van der Waals surface area contributed by atoms with E-state index in [4.69, 9.17) is 5.73 Å². The number of rotatable bonds is 3. The largest absolute Gasteiger partial charge is 0.371 e. The number of aromatic nitrogens is 1. The minimum atomic E-state index is -0.0669. The highest BCUT2D eigenvalue weighted by Gasteiger charge is 2.26. The Morgan fingerprint density at radius 1 is 1.59 bits per heavy atom. The molecular formula is C12H18N4O. The van der Waals surface area contributed by atoms with Crippen LogP contribution in [0.2, 0.25) is 0 Å². The molecule has 5 heteroatoms. The molecule has 92 valence electrons. The van der Waals surface area contributed by atoms with Crippen LogP contribution in [0.5, 0.6) is 0 Å². The highest BCUT2D eigenvalue weighted by molar-refractivity contribution is 5.92. The average molecular weight is 234 g/mol. The zero-order chi connectivity index (χ0) is 12.4. The first kappa shape index (κ1) is 11.9. The summed E-state index contributed by atoms with van der Waals surface area (Å²) in [6, 6.07) is 3.77. The lowest BCUT2D eigenvalue weighted by Gasteiger charge is -2.40. The maximum absolute atomic E-state index is 11.8. The van der Waals surface area contributed by atoms with Crippen LogP contribution in [0.4, 0.5) is 5.69 Å². The van der Waals surface area contributed by atoms with Gasteiger partial charge in [0.2, 0.25) is 0 Å². The summed E-state index contributed by atoms with van der Waals surface area (Å²) in [6.07, 6.45) is 1.68. The summed E-state index contributed by atoms with van der Waals surface area (Å²) >= 11 is 0. The lowest BCUT2D eigenvalue weighted by atomic mass is 10.00. The second-order valence-corrected chi connectivity index (χ2v) is 4.61. The van der Waals surface area contributed by atoms with Gasteiger partial charge in [-0.05, 0) is 18.7 Å². The smallest absolute Gasteiger partial charge is 0.272 e. The molecule has 5 nitrogen and oxygen atoms in total. The molecular weight excluding hydrogens is 216 g/mol. The van der Waals surface area contributed by atoms with Crippen molar-refractivity contribution in [3.05, 3.63) is 24.0 Å². The Kier molecular flexibility index (Phi) is 3.28. The molecule has 2 rings (SSSR count). The fraction of sp³-hybridized carbons (Fsp3) is 0.500. The third-order valence-corrected chi connectivity index (χ3v) is 3.02. The van der Waals surface area contributed by atoms with E-state index in [-0.39, 0.29) is 5.91 Å². The number of anilines is 1. The van der Waals surface area contributed by atoms with Gasteiger partial charge in [0.1, 0.15) is 5.69 Å². The van der Waals surface area contributed by atoms with E-state index in [2.05, 4.69) is 9.88 Å². The van der Waals surface area contributed by atoms with E-state index in [1.54, 1.807) is 20.3 Å². The van der Waals surface area contributed by atoms with E-state index in [0.29, 0.717) is 11.6 Å². The zero-order valence-corrected chi connectivity index (χ0v) is 10.3. The normalized spacial score (nSPS) is 15.6. The van der Waals surface area contributed by atoms with Crippen LogP contribution in [-0.2, 0) is 0 Å². The highest BCUT2D eigenvalue weighted by Crippen LogP contribution is 2.24. The summed E-state index contributed by atoms with van der Waals surface area (Å²) < 4.78 is 0. The van der Waals surface area contributed by atoms with Crippen molar-refractivity contribution in [1.29, 1.82) is 0 Å². The van der Waals surface area contributed by atoms with Crippen LogP contribution in [0.3, 0.4) is 0 Å². The van der Waals surface area contributed by atoms with Crippen molar-refractivity contribution in [3.63, 3.8) is 0 Å². The number of hydrogen-bond donors (Lipinski definition) is 1.